The largest absolute Gasteiger partial charge is 0.427 e. The predicted molar refractivity (Wildman–Crippen MR) is 98.2 cm³/mol. The average Bonchev–Trinajstić information content (AvgIpc) is 2.85. The molecule has 0 aliphatic carbocycles. The van der Waals surface area contributed by atoms with Crippen LogP contribution in [0.5, 0.6) is 0 Å². The third-order valence-electron chi connectivity index (χ3n) is 3.98. The summed E-state index contributed by atoms with van der Waals surface area (Å²) in [5.41, 5.74) is 0.877. The van der Waals surface area contributed by atoms with Crippen molar-refractivity contribution < 1.29 is 9.21 Å². The normalized spacial score (nSPS) is 11.4. The Morgan fingerprint density at radius 2 is 1.92 bits per heavy atom. The first-order valence-corrected chi connectivity index (χ1v) is 8.70. The van der Waals surface area contributed by atoms with E-state index in [2.05, 4.69) is 24.3 Å². The third kappa shape index (κ3) is 4.59. The molecule has 2 rings (SSSR count). The number of anilines is 1. The van der Waals surface area contributed by atoms with Crippen LogP contribution in [0, 0.1) is 19.8 Å². The molecule has 136 valence electrons. The minimum atomic E-state index is -0.594. The zero-order valence-corrected chi connectivity index (χ0v) is 15.8. The number of nitrogens with one attached hydrogen (secondary N) is 1. The van der Waals surface area contributed by atoms with Crippen molar-refractivity contribution in [2.45, 2.75) is 60.4 Å². The Kier molecular flexibility index (Phi) is 5.82. The number of aromatic nitrogens is 2. The standard InChI is InChI=1S/C19H27N3O3/c1-11(2)7-8-15-9-13(5)17(19(24)25-15)18(23)20-16-10-14(6)21-22(16)12(3)4/h9-12H,7-8H2,1-6H3,(H,20,23). The van der Waals surface area contributed by atoms with Crippen molar-refractivity contribution in [3.63, 3.8) is 0 Å². The lowest BCUT2D eigenvalue weighted by molar-refractivity contribution is 0.102. The van der Waals surface area contributed by atoms with Crippen LogP contribution in [0.15, 0.2) is 21.3 Å². The van der Waals surface area contributed by atoms with Gasteiger partial charge in [-0.25, -0.2) is 9.48 Å². The topological polar surface area (TPSA) is 77.1 Å². The molecular weight excluding hydrogens is 318 g/mol. The van der Waals surface area contributed by atoms with Crippen LogP contribution in [-0.2, 0) is 6.42 Å². The van der Waals surface area contributed by atoms with Crippen LogP contribution in [0.4, 0.5) is 5.82 Å². The fourth-order valence-corrected chi connectivity index (χ4v) is 2.68. The van der Waals surface area contributed by atoms with Gasteiger partial charge in [-0.1, -0.05) is 13.8 Å². The van der Waals surface area contributed by atoms with Crippen molar-refractivity contribution in [1.29, 1.82) is 0 Å². The van der Waals surface area contributed by atoms with Gasteiger partial charge in [0.2, 0.25) is 0 Å². The summed E-state index contributed by atoms with van der Waals surface area (Å²) in [5.74, 6) is 1.24. The number of hydrogen-bond donors (Lipinski definition) is 1. The third-order valence-corrected chi connectivity index (χ3v) is 3.98. The maximum Gasteiger partial charge on any atom is 0.349 e. The summed E-state index contributed by atoms with van der Waals surface area (Å²) in [6.07, 6.45) is 1.62. The van der Waals surface area contributed by atoms with Gasteiger partial charge in [-0.2, -0.15) is 5.10 Å². The van der Waals surface area contributed by atoms with E-state index < -0.39 is 11.5 Å². The summed E-state index contributed by atoms with van der Waals surface area (Å²) < 4.78 is 7.07. The van der Waals surface area contributed by atoms with Crippen LogP contribution < -0.4 is 10.9 Å². The Morgan fingerprint density at radius 1 is 1.24 bits per heavy atom. The predicted octanol–water partition coefficient (Wildman–Crippen LogP) is 3.87. The smallest absolute Gasteiger partial charge is 0.349 e. The van der Waals surface area contributed by atoms with Crippen LogP contribution in [0.1, 0.15) is 67.5 Å². The van der Waals surface area contributed by atoms with Crippen LogP contribution in [-0.4, -0.2) is 15.7 Å². The lowest BCUT2D eigenvalue weighted by Crippen LogP contribution is -2.24. The van der Waals surface area contributed by atoms with Crippen molar-refractivity contribution in [2.24, 2.45) is 5.92 Å². The van der Waals surface area contributed by atoms with Crippen LogP contribution in [0.2, 0.25) is 0 Å². The molecule has 6 heteroatoms. The van der Waals surface area contributed by atoms with Crippen molar-refractivity contribution in [2.75, 3.05) is 5.32 Å². The summed E-state index contributed by atoms with van der Waals surface area (Å²) >= 11 is 0. The highest BCUT2D eigenvalue weighted by Crippen LogP contribution is 2.18. The van der Waals surface area contributed by atoms with Gasteiger partial charge in [0, 0.05) is 18.5 Å². The minimum Gasteiger partial charge on any atom is -0.427 e. The Hall–Kier alpha value is -2.37. The summed E-state index contributed by atoms with van der Waals surface area (Å²) in [5, 5.41) is 7.14. The lowest BCUT2D eigenvalue weighted by atomic mass is 10.0. The van der Waals surface area contributed by atoms with E-state index in [9.17, 15) is 9.59 Å². The molecule has 0 fully saturated rings. The zero-order chi connectivity index (χ0) is 18.7. The first-order valence-electron chi connectivity index (χ1n) is 8.70. The number of aryl methyl sites for hydroxylation is 3. The SMILES string of the molecule is Cc1cc(NC(=O)c2c(C)cc(CCC(C)C)oc2=O)n(C(C)C)n1. The summed E-state index contributed by atoms with van der Waals surface area (Å²) in [6, 6.07) is 3.66. The first-order chi connectivity index (χ1) is 11.7. The number of nitrogens with zero attached hydrogens (tertiary/aromatic N) is 2. The highest BCUT2D eigenvalue weighted by molar-refractivity contribution is 6.04. The molecule has 0 spiro atoms. The van der Waals surface area contributed by atoms with Crippen molar-refractivity contribution in [1.82, 2.24) is 9.78 Å². The number of hydrogen-bond acceptors (Lipinski definition) is 4. The van der Waals surface area contributed by atoms with Crippen molar-refractivity contribution in [3.05, 3.63) is 45.1 Å². The van der Waals surface area contributed by atoms with E-state index in [1.807, 2.05) is 20.8 Å². The average molecular weight is 345 g/mol. The second kappa shape index (κ2) is 7.68. The number of carbonyl (C=O) groups excluding carboxylic acids is 1. The van der Waals surface area contributed by atoms with E-state index in [0.717, 1.165) is 12.1 Å². The highest BCUT2D eigenvalue weighted by Gasteiger charge is 2.19. The quantitative estimate of drug-likeness (QED) is 0.862. The second-order valence-corrected chi connectivity index (χ2v) is 7.15. The molecule has 0 unspecified atom stereocenters. The molecule has 0 radical (unpaired) electrons. The van der Waals surface area contributed by atoms with Gasteiger partial charge in [-0.05, 0) is 51.7 Å². The number of carbonyl (C=O) groups is 1. The molecule has 2 heterocycles. The van der Waals surface area contributed by atoms with Crippen LogP contribution in [0.3, 0.4) is 0 Å². The van der Waals surface area contributed by atoms with Gasteiger partial charge >= 0.3 is 5.63 Å². The van der Waals surface area contributed by atoms with Gasteiger partial charge in [-0.3, -0.25) is 4.79 Å². The lowest BCUT2D eigenvalue weighted by Gasteiger charge is -2.12. The minimum absolute atomic E-state index is 0.0439. The Labute approximate surface area is 148 Å². The highest BCUT2D eigenvalue weighted by atomic mass is 16.4. The van der Waals surface area contributed by atoms with E-state index in [-0.39, 0.29) is 11.6 Å². The molecule has 1 amide bonds. The van der Waals surface area contributed by atoms with Gasteiger partial charge in [0.05, 0.1) is 5.69 Å². The number of amides is 1. The monoisotopic (exact) mass is 345 g/mol. The molecule has 2 aromatic heterocycles. The molecule has 0 aliphatic rings. The first kappa shape index (κ1) is 19.0. The Morgan fingerprint density at radius 3 is 2.48 bits per heavy atom. The van der Waals surface area contributed by atoms with Gasteiger partial charge in [0.25, 0.3) is 5.91 Å². The van der Waals surface area contributed by atoms with E-state index in [1.165, 1.54) is 0 Å². The summed E-state index contributed by atoms with van der Waals surface area (Å²) in [4.78, 5) is 24.9. The van der Waals surface area contributed by atoms with Gasteiger partial charge in [0.15, 0.2) is 0 Å². The van der Waals surface area contributed by atoms with Crippen LogP contribution in [0.25, 0.3) is 0 Å². The molecule has 0 aliphatic heterocycles. The molecule has 0 saturated carbocycles. The summed E-state index contributed by atoms with van der Waals surface area (Å²) in [7, 11) is 0. The van der Waals surface area contributed by atoms with Crippen molar-refractivity contribution >= 4 is 11.7 Å². The van der Waals surface area contributed by atoms with Gasteiger partial charge in [-0.15, -0.1) is 0 Å². The molecule has 0 saturated heterocycles. The molecule has 25 heavy (non-hydrogen) atoms. The second-order valence-electron chi connectivity index (χ2n) is 7.15. The molecule has 1 N–H and O–H groups in total. The zero-order valence-electron chi connectivity index (χ0n) is 15.8. The van der Waals surface area contributed by atoms with E-state index in [1.54, 1.807) is 23.7 Å². The fraction of sp³-hybridized carbons (Fsp3) is 0.526. The molecular formula is C19H27N3O3. The fourth-order valence-electron chi connectivity index (χ4n) is 2.68. The maximum absolute atomic E-state index is 12.6. The molecule has 0 bridgehead atoms. The molecule has 0 aromatic carbocycles. The Bertz CT molecular complexity index is 816. The Balaban J connectivity index is 2.27. The van der Waals surface area contributed by atoms with Crippen molar-refractivity contribution in [3.8, 4) is 0 Å². The van der Waals surface area contributed by atoms with Gasteiger partial charge in [0.1, 0.15) is 17.1 Å². The number of rotatable bonds is 6. The summed E-state index contributed by atoms with van der Waals surface area (Å²) in [6.45, 7) is 11.8. The van der Waals surface area contributed by atoms with Crippen LogP contribution >= 0.6 is 0 Å². The van der Waals surface area contributed by atoms with Gasteiger partial charge < -0.3 is 9.73 Å². The molecule has 2 aromatic rings. The van der Waals surface area contributed by atoms with E-state index in [0.29, 0.717) is 29.5 Å². The van der Waals surface area contributed by atoms with E-state index >= 15 is 0 Å². The molecule has 6 nitrogen and oxygen atoms in total. The van der Waals surface area contributed by atoms with E-state index in [4.69, 9.17) is 4.42 Å². The maximum atomic E-state index is 12.6. The molecule has 0 atom stereocenters.